The second kappa shape index (κ2) is 13.2. The number of carbonyl (C=O) groups is 1. The van der Waals surface area contributed by atoms with Crippen LogP contribution in [0.15, 0.2) is 60.8 Å². The minimum absolute atomic E-state index is 0.0382. The number of carboxylic acids is 1. The fourth-order valence-corrected chi connectivity index (χ4v) is 7.43. The van der Waals surface area contributed by atoms with E-state index in [4.69, 9.17) is 0 Å². The predicted molar refractivity (Wildman–Crippen MR) is 159 cm³/mol. The number of piperidine rings is 1. The van der Waals surface area contributed by atoms with E-state index in [2.05, 4.69) is 14.8 Å². The number of alkyl halides is 2. The molecule has 1 N–H and O–H groups in total. The molecule has 43 heavy (non-hydrogen) atoms. The van der Waals surface area contributed by atoms with Gasteiger partial charge in [-0.05, 0) is 54.4 Å². The minimum Gasteiger partial charge on any atom is -0.480 e. The van der Waals surface area contributed by atoms with E-state index in [1.54, 1.807) is 22.9 Å². The highest BCUT2D eigenvalue weighted by molar-refractivity contribution is 5.73. The van der Waals surface area contributed by atoms with Crippen LogP contribution < -0.4 is 0 Å². The van der Waals surface area contributed by atoms with Crippen LogP contribution >= 0.6 is 0 Å². The normalized spacial score (nSPS) is 23.1. The van der Waals surface area contributed by atoms with Gasteiger partial charge in [-0.3, -0.25) is 9.69 Å². The number of rotatable bonds is 11. The highest BCUT2D eigenvalue weighted by atomic mass is 19.3. The van der Waals surface area contributed by atoms with Crippen LogP contribution in [0.5, 0.6) is 0 Å². The Balaban J connectivity index is 1.13. The van der Waals surface area contributed by atoms with Crippen LogP contribution in [0.3, 0.4) is 0 Å². The van der Waals surface area contributed by atoms with E-state index in [0.717, 1.165) is 56.4 Å². The van der Waals surface area contributed by atoms with Gasteiger partial charge in [-0.2, -0.15) is 0 Å². The summed E-state index contributed by atoms with van der Waals surface area (Å²) >= 11 is 0. The standard InChI is InChI=1S/C34H41F3N4O2/c35-27-11-5-10-25(18-27)30-22-40(31(34(42)43)17-24-8-4-9-24)20-26(30)19-39-14-12-29(13-15-39)41-21-28(38-33(41)32(36)37)16-23-6-2-1-3-7-23/h1-3,5-7,10-11,18,21,24,26,29-32H,4,8-9,12-17,19-20,22H2,(H,42,43)/t26-,30+,31+/m0/s1. The van der Waals surface area contributed by atoms with Gasteiger partial charge in [0.05, 0.1) is 5.69 Å². The molecule has 9 heteroatoms. The third-order valence-electron chi connectivity index (χ3n) is 9.93. The van der Waals surface area contributed by atoms with Crippen molar-refractivity contribution in [3.63, 3.8) is 0 Å². The lowest BCUT2D eigenvalue weighted by atomic mass is 9.80. The van der Waals surface area contributed by atoms with Crippen molar-refractivity contribution in [2.24, 2.45) is 11.8 Å². The molecule has 2 aliphatic heterocycles. The van der Waals surface area contributed by atoms with E-state index in [0.29, 0.717) is 37.5 Å². The molecule has 3 aliphatic rings. The summed E-state index contributed by atoms with van der Waals surface area (Å²) in [5.74, 6) is -0.538. The topological polar surface area (TPSA) is 61.6 Å². The number of imidazole rings is 1. The molecule has 0 unspecified atom stereocenters. The first-order valence-corrected chi connectivity index (χ1v) is 15.7. The lowest BCUT2D eigenvalue weighted by Crippen LogP contribution is -2.43. The van der Waals surface area contributed by atoms with Crippen LogP contribution in [0.2, 0.25) is 0 Å². The molecular weight excluding hydrogens is 553 g/mol. The molecule has 0 amide bonds. The number of nitrogens with zero attached hydrogens (tertiary/aromatic N) is 4. The van der Waals surface area contributed by atoms with Gasteiger partial charge in [0.1, 0.15) is 11.9 Å². The van der Waals surface area contributed by atoms with Crippen molar-refractivity contribution in [2.45, 2.75) is 69.4 Å². The Morgan fingerprint density at radius 2 is 1.77 bits per heavy atom. The van der Waals surface area contributed by atoms with Gasteiger partial charge in [-0.25, -0.2) is 18.2 Å². The number of hydrogen-bond acceptors (Lipinski definition) is 4. The quantitative estimate of drug-likeness (QED) is 0.273. The van der Waals surface area contributed by atoms with Crippen molar-refractivity contribution in [3.05, 3.63) is 89.3 Å². The first kappa shape index (κ1) is 29.9. The summed E-state index contributed by atoms with van der Waals surface area (Å²) in [4.78, 5) is 21.1. The van der Waals surface area contributed by atoms with Gasteiger partial charge in [-0.15, -0.1) is 0 Å². The fourth-order valence-electron chi connectivity index (χ4n) is 7.43. The Labute approximate surface area is 251 Å². The van der Waals surface area contributed by atoms with Crippen molar-refractivity contribution >= 4 is 5.97 Å². The molecule has 2 aromatic carbocycles. The number of halogens is 3. The molecule has 1 aromatic heterocycles. The maximum Gasteiger partial charge on any atom is 0.320 e. The van der Waals surface area contributed by atoms with Gasteiger partial charge in [0.25, 0.3) is 6.43 Å². The molecule has 3 aromatic rings. The summed E-state index contributed by atoms with van der Waals surface area (Å²) < 4.78 is 44.0. The Morgan fingerprint density at radius 3 is 2.42 bits per heavy atom. The maximum absolute atomic E-state index is 14.3. The summed E-state index contributed by atoms with van der Waals surface area (Å²) in [6.45, 7) is 3.55. The number of carboxylic acid groups (broad SMARTS) is 1. The van der Waals surface area contributed by atoms with Crippen molar-refractivity contribution in [3.8, 4) is 0 Å². The smallest absolute Gasteiger partial charge is 0.320 e. The van der Waals surface area contributed by atoms with Gasteiger partial charge in [0.15, 0.2) is 5.82 Å². The molecule has 3 heterocycles. The Kier molecular flexibility index (Phi) is 9.19. The molecule has 3 fully saturated rings. The summed E-state index contributed by atoms with van der Waals surface area (Å²) in [7, 11) is 0. The van der Waals surface area contributed by atoms with Crippen LogP contribution in [0.25, 0.3) is 0 Å². The van der Waals surface area contributed by atoms with E-state index in [1.807, 2.05) is 36.4 Å². The van der Waals surface area contributed by atoms with Crippen molar-refractivity contribution in [2.75, 3.05) is 32.7 Å². The minimum atomic E-state index is -2.64. The van der Waals surface area contributed by atoms with E-state index < -0.39 is 18.4 Å². The summed E-state index contributed by atoms with van der Waals surface area (Å²) in [5.41, 5.74) is 2.61. The van der Waals surface area contributed by atoms with Gasteiger partial charge in [0.2, 0.25) is 0 Å². The number of hydrogen-bond donors (Lipinski definition) is 1. The van der Waals surface area contributed by atoms with Crippen LogP contribution in [0.1, 0.15) is 79.6 Å². The summed E-state index contributed by atoms with van der Waals surface area (Å²) in [5, 5.41) is 10.1. The molecule has 230 valence electrons. The SMILES string of the molecule is O=C(O)[C@@H](CC1CCC1)N1C[C@H](CN2CCC(n3cc(Cc4ccccc4)nc3C(F)F)CC2)[C@@H](c2cccc(F)c2)C1. The van der Waals surface area contributed by atoms with Crippen LogP contribution in [0.4, 0.5) is 13.2 Å². The van der Waals surface area contributed by atoms with Crippen molar-refractivity contribution in [1.29, 1.82) is 0 Å². The number of aliphatic carboxylic acids is 1. The molecule has 0 bridgehead atoms. The van der Waals surface area contributed by atoms with E-state index in [-0.39, 0.29) is 29.5 Å². The largest absolute Gasteiger partial charge is 0.480 e. The zero-order valence-electron chi connectivity index (χ0n) is 24.5. The number of likely N-dealkylation sites (tertiary alicyclic amines) is 2. The second-order valence-electron chi connectivity index (χ2n) is 12.8. The van der Waals surface area contributed by atoms with E-state index in [1.165, 1.54) is 12.5 Å². The zero-order valence-corrected chi connectivity index (χ0v) is 24.5. The van der Waals surface area contributed by atoms with Gasteiger partial charge in [-0.1, -0.05) is 61.7 Å². The fraction of sp³-hybridized carbons (Fsp3) is 0.529. The maximum atomic E-state index is 14.3. The van der Waals surface area contributed by atoms with Crippen LogP contribution in [0, 0.1) is 17.7 Å². The van der Waals surface area contributed by atoms with Crippen LogP contribution in [-0.2, 0) is 11.2 Å². The highest BCUT2D eigenvalue weighted by Gasteiger charge is 2.41. The highest BCUT2D eigenvalue weighted by Crippen LogP contribution is 2.39. The third-order valence-corrected chi connectivity index (χ3v) is 9.93. The third kappa shape index (κ3) is 6.99. The van der Waals surface area contributed by atoms with Crippen molar-refractivity contribution < 1.29 is 23.1 Å². The molecule has 1 aliphatic carbocycles. The molecular formula is C34H41F3N4O2. The van der Waals surface area contributed by atoms with E-state index >= 15 is 0 Å². The van der Waals surface area contributed by atoms with E-state index in [9.17, 15) is 23.1 Å². The zero-order chi connectivity index (χ0) is 29.9. The summed E-state index contributed by atoms with van der Waals surface area (Å²) in [6, 6.07) is 15.9. The Hall–Kier alpha value is -3.17. The van der Waals surface area contributed by atoms with Gasteiger partial charge < -0.3 is 14.6 Å². The second-order valence-corrected chi connectivity index (χ2v) is 12.8. The molecule has 6 rings (SSSR count). The Bertz CT molecular complexity index is 1370. The van der Waals surface area contributed by atoms with Gasteiger partial charge >= 0.3 is 5.97 Å². The number of benzene rings is 2. The molecule has 6 nitrogen and oxygen atoms in total. The average Bonchev–Trinajstić information content (AvgIpc) is 3.58. The molecule has 0 spiro atoms. The molecule has 2 saturated heterocycles. The summed E-state index contributed by atoms with van der Waals surface area (Å²) in [6.07, 6.45) is 5.20. The predicted octanol–water partition coefficient (Wildman–Crippen LogP) is 6.55. The lowest BCUT2D eigenvalue weighted by Gasteiger charge is -2.35. The molecule has 0 radical (unpaired) electrons. The van der Waals surface area contributed by atoms with Crippen LogP contribution in [-0.4, -0.2) is 69.2 Å². The molecule has 3 atom stereocenters. The lowest BCUT2D eigenvalue weighted by molar-refractivity contribution is -0.144. The first-order chi connectivity index (χ1) is 20.8. The van der Waals surface area contributed by atoms with Gasteiger partial charge in [0, 0.05) is 57.3 Å². The Morgan fingerprint density at radius 1 is 1.00 bits per heavy atom. The molecule has 1 saturated carbocycles. The number of aromatic nitrogens is 2. The van der Waals surface area contributed by atoms with Crippen molar-refractivity contribution in [1.82, 2.24) is 19.4 Å². The average molecular weight is 595 g/mol. The monoisotopic (exact) mass is 594 g/mol. The first-order valence-electron chi connectivity index (χ1n) is 15.7.